The Hall–Kier alpha value is -7.05. The number of imidazole rings is 2. The van der Waals surface area contributed by atoms with E-state index in [1.54, 1.807) is 62.7 Å². The molecule has 7 rings (SSSR count). The lowest BCUT2D eigenvalue weighted by molar-refractivity contribution is 0.0692. The first-order valence-electron chi connectivity index (χ1n) is 18.4. The van der Waals surface area contributed by atoms with E-state index >= 15 is 0 Å². The van der Waals surface area contributed by atoms with Crippen LogP contribution < -0.4 is 25.8 Å². The number of aryl methyl sites for hydroxylation is 4. The Morgan fingerprint density at radius 3 is 1.96 bits per heavy atom. The predicted molar refractivity (Wildman–Crippen MR) is 208 cm³/mol. The highest BCUT2D eigenvalue weighted by Crippen LogP contribution is 2.35. The maximum Gasteiger partial charge on any atom is 0.341 e. The largest absolute Gasteiger partial charge is 0.491 e. The molecule has 5 N–H and O–H groups in total. The molecule has 1 aliphatic rings. The van der Waals surface area contributed by atoms with Crippen LogP contribution >= 0.6 is 0 Å². The second-order valence-corrected chi connectivity index (χ2v) is 13.6. The zero-order valence-electron chi connectivity index (χ0n) is 32.1. The molecule has 0 unspecified atom stereocenters. The van der Waals surface area contributed by atoms with Gasteiger partial charge in [-0.2, -0.15) is 15.2 Å². The van der Waals surface area contributed by atoms with Crippen LogP contribution in [0.2, 0.25) is 0 Å². The minimum absolute atomic E-state index is 0.108. The molecule has 0 spiro atoms. The number of hydrogen-bond donors (Lipinski definition) is 4. The van der Waals surface area contributed by atoms with Crippen molar-refractivity contribution in [3.05, 3.63) is 76.4 Å². The number of hydrogen-bond acceptors (Lipinski definition) is 11. The molecule has 1 fully saturated rings. The molecule has 1 aromatic carbocycles. The monoisotopic (exact) mass is 778 g/mol. The lowest BCUT2D eigenvalue weighted by Crippen LogP contribution is -2.20. The van der Waals surface area contributed by atoms with Gasteiger partial charge in [-0.15, -0.1) is 0 Å². The Kier molecular flexibility index (Phi) is 10.5. The van der Waals surface area contributed by atoms with Crippen molar-refractivity contribution in [2.45, 2.75) is 66.7 Å². The lowest BCUT2D eigenvalue weighted by atomic mass is 10.1. The first-order valence-corrected chi connectivity index (χ1v) is 18.4. The number of primary amides is 1. The summed E-state index contributed by atoms with van der Waals surface area (Å²) in [5, 5.41) is 24.3. The summed E-state index contributed by atoms with van der Waals surface area (Å²) in [6, 6.07) is 7.82. The number of carboxylic acid groups (broad SMARTS) is 1. The number of nitrogens with zero attached hydrogens (tertiary/aromatic N) is 9. The number of anilines is 2. The highest BCUT2D eigenvalue weighted by atomic mass is 16.5. The van der Waals surface area contributed by atoms with Crippen LogP contribution in [0.4, 0.5) is 11.9 Å². The summed E-state index contributed by atoms with van der Waals surface area (Å²) in [6.07, 6.45) is 5.70. The van der Waals surface area contributed by atoms with E-state index in [0.29, 0.717) is 65.2 Å². The topological polar surface area (TPSA) is 241 Å². The number of fused-ring (bicyclic) bond motifs is 2. The molecule has 3 amide bonds. The molecule has 1 saturated carbocycles. The van der Waals surface area contributed by atoms with E-state index in [9.17, 15) is 24.3 Å². The van der Waals surface area contributed by atoms with Crippen molar-refractivity contribution in [2.24, 2.45) is 11.7 Å². The molecule has 6 aromatic rings. The molecule has 5 heterocycles. The molecule has 0 saturated heterocycles. The minimum atomic E-state index is -1.25. The number of pyridine rings is 1. The van der Waals surface area contributed by atoms with Gasteiger partial charge in [-0.3, -0.25) is 38.9 Å². The van der Waals surface area contributed by atoms with E-state index in [-0.39, 0.29) is 53.2 Å². The van der Waals surface area contributed by atoms with Crippen molar-refractivity contribution in [3.8, 4) is 11.6 Å². The average molecular weight is 779 g/mol. The SMILES string of the molecule is CCn1nc(C)cc1C(=O)Nc1nc2cc(C(=O)O)c(OC)nc2n1C/C=C/Cn1c(NC(=O)c2cc(C)nn2CC)nc2cc(C(N)=O)cc(OCC3CC3)c21. The molecular weight excluding hydrogens is 736 g/mol. The molecule has 1 aliphatic carbocycles. The number of amides is 3. The van der Waals surface area contributed by atoms with Crippen molar-refractivity contribution in [2.75, 3.05) is 24.4 Å². The van der Waals surface area contributed by atoms with E-state index in [1.165, 1.54) is 13.2 Å². The van der Waals surface area contributed by atoms with Crippen molar-refractivity contribution in [1.82, 2.24) is 43.6 Å². The fourth-order valence-corrected chi connectivity index (χ4v) is 6.49. The van der Waals surface area contributed by atoms with Gasteiger partial charge in [0, 0.05) is 31.7 Å². The Labute approximate surface area is 325 Å². The number of aromatic nitrogens is 9. The lowest BCUT2D eigenvalue weighted by Gasteiger charge is -2.13. The summed E-state index contributed by atoms with van der Waals surface area (Å²) in [6.45, 7) is 8.99. The van der Waals surface area contributed by atoms with Gasteiger partial charge in [-0.1, -0.05) is 12.2 Å². The summed E-state index contributed by atoms with van der Waals surface area (Å²) in [7, 11) is 1.32. The normalized spacial score (nSPS) is 12.8. The fraction of sp³-hybridized carbons (Fsp3) is 0.342. The Morgan fingerprint density at radius 1 is 0.842 bits per heavy atom. The molecular formula is C38H42N12O7. The quantitative estimate of drug-likeness (QED) is 0.101. The molecule has 0 radical (unpaired) electrons. The number of nitrogens with one attached hydrogen (secondary N) is 2. The number of carboxylic acids is 1. The van der Waals surface area contributed by atoms with Crippen LogP contribution in [0.3, 0.4) is 0 Å². The van der Waals surface area contributed by atoms with Gasteiger partial charge < -0.3 is 24.9 Å². The Morgan fingerprint density at radius 2 is 1.42 bits per heavy atom. The van der Waals surface area contributed by atoms with Gasteiger partial charge in [0.2, 0.25) is 23.7 Å². The predicted octanol–water partition coefficient (Wildman–Crippen LogP) is 4.19. The summed E-state index contributed by atoms with van der Waals surface area (Å²) in [5.41, 5.74) is 9.12. The number of rotatable bonds is 16. The second kappa shape index (κ2) is 15.6. The number of carbonyl (C=O) groups is 4. The van der Waals surface area contributed by atoms with Crippen molar-refractivity contribution < 1.29 is 33.8 Å². The van der Waals surface area contributed by atoms with Crippen LogP contribution in [0.25, 0.3) is 22.2 Å². The van der Waals surface area contributed by atoms with E-state index in [1.807, 2.05) is 19.9 Å². The molecule has 19 heteroatoms. The third-order valence-corrected chi connectivity index (χ3v) is 9.43. The van der Waals surface area contributed by atoms with Gasteiger partial charge in [-0.05, 0) is 76.8 Å². The number of methoxy groups -OCH3 is 1. The number of carbonyl (C=O) groups excluding carboxylic acids is 3. The Balaban J connectivity index is 1.27. The van der Waals surface area contributed by atoms with Crippen molar-refractivity contribution in [1.29, 1.82) is 0 Å². The van der Waals surface area contributed by atoms with Gasteiger partial charge in [0.25, 0.3) is 11.8 Å². The van der Waals surface area contributed by atoms with Crippen LogP contribution in [-0.2, 0) is 26.2 Å². The standard InChI is InChI=1S/C38H42N12O7/c1-6-49-27(14-20(3)45-49)33(52)43-37-40-25-16-23(31(39)51)17-29(57-19-22-10-11-22)30(25)47(37)12-8-9-13-48-32-26(18-24(36(54)55)35(42-32)56-5)41-38(48)44-34(53)28-15-21(4)46-50(28)7-2/h8-9,14-18,22H,6-7,10-13,19H2,1-5H3,(H2,39,51)(H,54,55)(H,40,43,52)(H,41,44,53)/b9-8+. The zero-order valence-corrected chi connectivity index (χ0v) is 32.1. The number of ether oxygens (including phenoxy) is 2. The molecule has 5 aromatic heterocycles. The van der Waals surface area contributed by atoms with Crippen LogP contribution in [-0.4, -0.2) is 86.2 Å². The molecule has 0 atom stereocenters. The first kappa shape index (κ1) is 38.2. The van der Waals surface area contributed by atoms with Gasteiger partial charge >= 0.3 is 5.97 Å². The van der Waals surface area contributed by atoms with Crippen LogP contribution in [0.5, 0.6) is 11.6 Å². The second-order valence-electron chi connectivity index (χ2n) is 13.6. The smallest absolute Gasteiger partial charge is 0.341 e. The Bertz CT molecular complexity index is 2590. The molecule has 19 nitrogen and oxygen atoms in total. The van der Waals surface area contributed by atoms with Crippen molar-refractivity contribution >= 4 is 57.8 Å². The van der Waals surface area contributed by atoms with Crippen LogP contribution in [0.15, 0.2) is 42.5 Å². The van der Waals surface area contributed by atoms with Gasteiger partial charge in [-0.25, -0.2) is 14.8 Å². The third kappa shape index (κ3) is 7.76. The first-order chi connectivity index (χ1) is 27.4. The molecule has 0 aliphatic heterocycles. The molecule has 296 valence electrons. The zero-order chi connectivity index (χ0) is 40.5. The van der Waals surface area contributed by atoms with Gasteiger partial charge in [0.1, 0.15) is 33.7 Å². The van der Waals surface area contributed by atoms with Crippen LogP contribution in [0, 0.1) is 19.8 Å². The van der Waals surface area contributed by atoms with E-state index in [4.69, 9.17) is 20.2 Å². The maximum absolute atomic E-state index is 13.7. The number of aromatic carboxylic acids is 1. The maximum atomic E-state index is 13.7. The van der Waals surface area contributed by atoms with Crippen LogP contribution in [0.1, 0.15) is 79.8 Å². The highest BCUT2D eigenvalue weighted by Gasteiger charge is 2.26. The summed E-state index contributed by atoms with van der Waals surface area (Å²) in [4.78, 5) is 65.3. The average Bonchev–Trinajstić information content (AvgIpc) is 3.47. The van der Waals surface area contributed by atoms with E-state index in [0.717, 1.165) is 12.8 Å². The summed E-state index contributed by atoms with van der Waals surface area (Å²) in [5.74, 6) is -1.85. The number of nitrogens with two attached hydrogens (primary N) is 1. The van der Waals surface area contributed by atoms with Gasteiger partial charge in [0.05, 0.1) is 30.6 Å². The number of benzene rings is 1. The summed E-state index contributed by atoms with van der Waals surface area (Å²) < 4.78 is 18.1. The highest BCUT2D eigenvalue weighted by molar-refractivity contribution is 6.05. The van der Waals surface area contributed by atoms with Gasteiger partial charge in [0.15, 0.2) is 5.65 Å². The minimum Gasteiger partial charge on any atom is -0.491 e. The van der Waals surface area contributed by atoms with E-state index < -0.39 is 23.7 Å². The summed E-state index contributed by atoms with van der Waals surface area (Å²) >= 11 is 0. The number of allylic oxidation sites excluding steroid dienone is 2. The third-order valence-electron chi connectivity index (χ3n) is 9.43. The fourth-order valence-electron chi connectivity index (χ4n) is 6.49. The van der Waals surface area contributed by atoms with E-state index in [2.05, 4.69) is 30.8 Å². The molecule has 57 heavy (non-hydrogen) atoms. The van der Waals surface area contributed by atoms with Crippen molar-refractivity contribution in [3.63, 3.8) is 0 Å². The molecule has 0 bridgehead atoms.